The average molecular weight is 465 g/mol. The largest absolute Gasteiger partial charge is 0.481 e. The van der Waals surface area contributed by atoms with Crippen LogP contribution in [-0.4, -0.2) is 32.6 Å². The van der Waals surface area contributed by atoms with E-state index in [0.717, 1.165) is 18.2 Å². The van der Waals surface area contributed by atoms with Crippen LogP contribution in [0.25, 0.3) is 22.5 Å². The minimum Gasteiger partial charge on any atom is -0.481 e. The molecule has 10 heteroatoms. The number of aliphatic carboxylic acids is 1. The van der Waals surface area contributed by atoms with Crippen LogP contribution < -0.4 is 4.74 Å². The zero-order valence-electron chi connectivity index (χ0n) is 18.3. The van der Waals surface area contributed by atoms with Crippen molar-refractivity contribution in [3.63, 3.8) is 0 Å². The summed E-state index contributed by atoms with van der Waals surface area (Å²) in [6.07, 6.45) is -1.06. The highest BCUT2D eigenvalue weighted by Gasteiger charge is 2.33. The van der Waals surface area contributed by atoms with E-state index in [1.165, 1.54) is 26.1 Å². The molecule has 2 aromatic heterocycles. The van der Waals surface area contributed by atoms with Gasteiger partial charge in [-0.15, -0.1) is 0 Å². The van der Waals surface area contributed by atoms with Crippen LogP contribution in [0.3, 0.4) is 0 Å². The van der Waals surface area contributed by atoms with Crippen molar-refractivity contribution >= 4 is 5.97 Å². The lowest BCUT2D eigenvalue weighted by molar-refractivity contribution is -0.148. The fraction of sp³-hybridized carbons (Fsp3) is 0.348. The first kappa shape index (κ1) is 24.2. The third-order valence-corrected chi connectivity index (χ3v) is 5.05. The van der Waals surface area contributed by atoms with Crippen LogP contribution >= 0.6 is 0 Å². The van der Waals surface area contributed by atoms with E-state index in [4.69, 9.17) is 9.84 Å². The van der Waals surface area contributed by atoms with Gasteiger partial charge in [-0.2, -0.15) is 13.2 Å². The smallest absolute Gasteiger partial charge is 0.432 e. The van der Waals surface area contributed by atoms with Crippen molar-refractivity contribution in [2.75, 3.05) is 6.61 Å². The Labute approximate surface area is 187 Å². The normalized spacial score (nSPS) is 12.1. The molecule has 0 unspecified atom stereocenters. The maximum Gasteiger partial charge on any atom is 0.432 e. The van der Waals surface area contributed by atoms with E-state index in [-0.39, 0.29) is 18.3 Å². The minimum atomic E-state index is -4.52. The summed E-state index contributed by atoms with van der Waals surface area (Å²) in [7, 11) is 0. The van der Waals surface area contributed by atoms with Crippen molar-refractivity contribution in [3.05, 3.63) is 53.7 Å². The number of carbonyl (C=O) groups is 1. The molecule has 0 radical (unpaired) electrons. The molecular formula is C23H23F4N3O3. The van der Waals surface area contributed by atoms with Gasteiger partial charge in [0.1, 0.15) is 18.1 Å². The SMILES string of the molecule is CCCc1cc(-c2cnc(OCC(C)(C)C(=O)O)c(F)c2)ccc1-c1ncc(C(F)(F)F)[nH]1. The van der Waals surface area contributed by atoms with Crippen molar-refractivity contribution in [1.29, 1.82) is 0 Å². The Morgan fingerprint density at radius 3 is 2.42 bits per heavy atom. The van der Waals surface area contributed by atoms with Crippen molar-refractivity contribution in [3.8, 4) is 28.4 Å². The van der Waals surface area contributed by atoms with Gasteiger partial charge >= 0.3 is 12.1 Å². The standard InChI is InChI=1S/C23H23F4N3O3/c1-4-5-14-8-13(6-7-16(14)19-28-11-18(30-19)23(25,26)27)15-9-17(24)20(29-10-15)33-12-22(2,3)21(31)32/h6-11H,4-5,12H2,1-3H3,(H,28,30)(H,31,32). The van der Waals surface area contributed by atoms with Gasteiger partial charge in [0.05, 0.1) is 11.6 Å². The maximum atomic E-state index is 14.6. The molecule has 33 heavy (non-hydrogen) atoms. The molecule has 6 nitrogen and oxygen atoms in total. The van der Waals surface area contributed by atoms with Crippen molar-refractivity contribution < 1.29 is 32.2 Å². The lowest BCUT2D eigenvalue weighted by Gasteiger charge is -2.19. The molecular weight excluding hydrogens is 442 g/mol. The van der Waals surface area contributed by atoms with Gasteiger partial charge < -0.3 is 14.8 Å². The Kier molecular flexibility index (Phi) is 6.76. The van der Waals surface area contributed by atoms with E-state index in [2.05, 4.69) is 15.0 Å². The predicted molar refractivity (Wildman–Crippen MR) is 113 cm³/mol. The van der Waals surface area contributed by atoms with Gasteiger partial charge in [-0.05, 0) is 37.5 Å². The number of carboxylic acid groups (broad SMARTS) is 1. The first-order valence-electron chi connectivity index (χ1n) is 10.2. The third kappa shape index (κ3) is 5.50. The quantitative estimate of drug-likeness (QED) is 0.414. The summed E-state index contributed by atoms with van der Waals surface area (Å²) in [6, 6.07) is 6.26. The number of alkyl halides is 3. The maximum absolute atomic E-state index is 14.6. The molecule has 176 valence electrons. The highest BCUT2D eigenvalue weighted by molar-refractivity contribution is 5.74. The number of carboxylic acids is 1. The molecule has 2 heterocycles. The molecule has 0 saturated carbocycles. The number of halogens is 4. The molecule has 3 rings (SSSR count). The summed E-state index contributed by atoms with van der Waals surface area (Å²) in [5, 5.41) is 9.14. The number of benzene rings is 1. The molecule has 0 bridgehead atoms. The number of hydrogen-bond donors (Lipinski definition) is 2. The molecule has 0 atom stereocenters. The highest BCUT2D eigenvalue weighted by atomic mass is 19.4. The van der Waals surface area contributed by atoms with Gasteiger partial charge in [-0.3, -0.25) is 4.79 Å². The van der Waals surface area contributed by atoms with Crippen molar-refractivity contribution in [2.45, 2.75) is 39.8 Å². The number of ether oxygens (including phenoxy) is 1. The van der Waals surface area contributed by atoms with Gasteiger partial charge in [0.15, 0.2) is 5.82 Å². The Balaban J connectivity index is 1.89. The number of aryl methyl sites for hydroxylation is 1. The number of pyridine rings is 1. The number of H-pyrrole nitrogens is 1. The summed E-state index contributed by atoms with van der Waals surface area (Å²) in [5.74, 6) is -2.04. The number of hydrogen-bond acceptors (Lipinski definition) is 4. The van der Waals surface area contributed by atoms with Crippen LogP contribution in [0.1, 0.15) is 38.4 Å². The molecule has 0 saturated heterocycles. The van der Waals surface area contributed by atoms with Gasteiger partial charge in [0, 0.05) is 17.3 Å². The van der Waals surface area contributed by atoms with Gasteiger partial charge in [0.2, 0.25) is 5.88 Å². The molecule has 0 spiro atoms. The summed E-state index contributed by atoms with van der Waals surface area (Å²) in [5.41, 5.74) is 0.194. The van der Waals surface area contributed by atoms with Crippen molar-refractivity contribution in [1.82, 2.24) is 15.0 Å². The Morgan fingerprint density at radius 1 is 1.12 bits per heavy atom. The molecule has 2 N–H and O–H groups in total. The van der Waals surface area contributed by atoms with E-state index in [1.54, 1.807) is 18.2 Å². The Morgan fingerprint density at radius 2 is 1.85 bits per heavy atom. The van der Waals surface area contributed by atoms with Crippen molar-refractivity contribution in [2.24, 2.45) is 5.41 Å². The fourth-order valence-electron chi connectivity index (χ4n) is 3.08. The van der Waals surface area contributed by atoms with Crippen LogP contribution in [0.4, 0.5) is 17.6 Å². The second-order valence-corrected chi connectivity index (χ2v) is 8.25. The fourth-order valence-corrected chi connectivity index (χ4v) is 3.08. The van der Waals surface area contributed by atoms with Crippen LogP contribution in [0.15, 0.2) is 36.7 Å². The second-order valence-electron chi connectivity index (χ2n) is 8.25. The summed E-state index contributed by atoms with van der Waals surface area (Å²) in [4.78, 5) is 21.3. The first-order valence-corrected chi connectivity index (χ1v) is 10.2. The number of nitrogens with one attached hydrogen (secondary N) is 1. The molecule has 0 fully saturated rings. The molecule has 0 aliphatic carbocycles. The molecule has 1 aromatic carbocycles. The molecule has 0 amide bonds. The second kappa shape index (κ2) is 9.21. The lowest BCUT2D eigenvalue weighted by Crippen LogP contribution is -2.31. The van der Waals surface area contributed by atoms with Crippen LogP contribution in [0.2, 0.25) is 0 Å². The van der Waals surface area contributed by atoms with E-state index in [0.29, 0.717) is 23.1 Å². The van der Waals surface area contributed by atoms with Gasteiger partial charge in [0.25, 0.3) is 0 Å². The number of aromatic amines is 1. The van der Waals surface area contributed by atoms with E-state index in [9.17, 15) is 22.4 Å². The van der Waals surface area contributed by atoms with E-state index in [1.807, 2.05) is 6.92 Å². The summed E-state index contributed by atoms with van der Waals surface area (Å²) < 4.78 is 58.6. The first-order chi connectivity index (χ1) is 15.4. The topological polar surface area (TPSA) is 88.1 Å². The summed E-state index contributed by atoms with van der Waals surface area (Å²) in [6.45, 7) is 4.58. The van der Waals surface area contributed by atoms with E-state index < -0.39 is 29.1 Å². The molecule has 0 aliphatic heterocycles. The van der Waals surface area contributed by atoms with Crippen LogP contribution in [0.5, 0.6) is 5.88 Å². The Hall–Kier alpha value is -3.43. The zero-order valence-corrected chi connectivity index (χ0v) is 18.3. The number of rotatable bonds is 8. The number of imidazole rings is 1. The van der Waals surface area contributed by atoms with E-state index >= 15 is 0 Å². The average Bonchev–Trinajstić information content (AvgIpc) is 3.23. The van der Waals surface area contributed by atoms with Gasteiger partial charge in [-0.1, -0.05) is 31.5 Å². The number of nitrogens with zero attached hydrogens (tertiary/aromatic N) is 2. The minimum absolute atomic E-state index is 0.103. The molecule has 3 aromatic rings. The van der Waals surface area contributed by atoms with Gasteiger partial charge in [-0.25, -0.2) is 14.4 Å². The number of aromatic nitrogens is 3. The summed E-state index contributed by atoms with van der Waals surface area (Å²) >= 11 is 0. The predicted octanol–water partition coefficient (Wildman–Crippen LogP) is 5.74. The molecule has 0 aliphatic rings. The zero-order chi connectivity index (χ0) is 24.4. The lowest BCUT2D eigenvalue weighted by atomic mass is 9.95. The van der Waals surface area contributed by atoms with Crippen LogP contribution in [-0.2, 0) is 17.4 Å². The monoisotopic (exact) mass is 465 g/mol. The highest BCUT2D eigenvalue weighted by Crippen LogP contribution is 2.33. The third-order valence-electron chi connectivity index (χ3n) is 5.05. The Bertz CT molecular complexity index is 1160. The van der Waals surface area contributed by atoms with Crippen LogP contribution in [0, 0.1) is 11.2 Å².